The highest BCUT2D eigenvalue weighted by Gasteiger charge is 2.31. The van der Waals surface area contributed by atoms with Gasteiger partial charge in [0.2, 0.25) is 11.8 Å². The number of carbonyl (C=O) groups excluding carboxylic acids is 2. The molecule has 1 saturated heterocycles. The molecule has 0 aromatic heterocycles. The van der Waals surface area contributed by atoms with Gasteiger partial charge in [-0.2, -0.15) is 0 Å². The molecule has 1 N–H and O–H groups in total. The number of ether oxygens (including phenoxy) is 1. The minimum absolute atomic E-state index is 0.0455. The first-order valence-corrected chi connectivity index (χ1v) is 8.88. The third-order valence-electron chi connectivity index (χ3n) is 4.49. The van der Waals surface area contributed by atoms with Crippen molar-refractivity contribution in [1.29, 1.82) is 0 Å². The molecule has 2 amide bonds. The van der Waals surface area contributed by atoms with Gasteiger partial charge in [0.05, 0.1) is 12.6 Å². The quantitative estimate of drug-likeness (QED) is 0.784. The van der Waals surface area contributed by atoms with Crippen LogP contribution in [0, 0.1) is 0 Å². The van der Waals surface area contributed by atoms with E-state index < -0.39 is 6.36 Å². The number of hydrogen-bond acceptors (Lipinski definition) is 5. The van der Waals surface area contributed by atoms with Crippen LogP contribution in [0.3, 0.4) is 0 Å². The van der Waals surface area contributed by atoms with Crippen molar-refractivity contribution >= 4 is 17.5 Å². The normalized spacial score (nSPS) is 17.1. The van der Waals surface area contributed by atoms with Crippen LogP contribution in [-0.4, -0.2) is 85.7 Å². The Kier molecular flexibility index (Phi) is 7.25. The Morgan fingerprint density at radius 1 is 1.14 bits per heavy atom. The Bertz CT molecular complexity index is 672. The van der Waals surface area contributed by atoms with Gasteiger partial charge < -0.3 is 15.0 Å². The van der Waals surface area contributed by atoms with Crippen molar-refractivity contribution in [2.75, 3.05) is 52.1 Å². The van der Waals surface area contributed by atoms with Crippen molar-refractivity contribution in [3.8, 4) is 5.75 Å². The Balaban J connectivity index is 1.78. The van der Waals surface area contributed by atoms with E-state index in [9.17, 15) is 22.8 Å². The van der Waals surface area contributed by atoms with Crippen LogP contribution in [-0.2, 0) is 9.59 Å². The first kappa shape index (κ1) is 22.0. The minimum atomic E-state index is -4.75. The number of nitrogens with zero attached hydrogens (tertiary/aromatic N) is 3. The molecule has 1 aliphatic heterocycles. The van der Waals surface area contributed by atoms with E-state index in [1.54, 1.807) is 19.0 Å². The number of halogens is 3. The maximum absolute atomic E-state index is 12.2. The third kappa shape index (κ3) is 6.68. The van der Waals surface area contributed by atoms with E-state index >= 15 is 0 Å². The van der Waals surface area contributed by atoms with E-state index in [2.05, 4.69) is 15.0 Å². The predicted molar refractivity (Wildman–Crippen MR) is 97.9 cm³/mol. The molecule has 1 atom stereocenters. The lowest BCUT2D eigenvalue weighted by atomic mass is 10.2. The van der Waals surface area contributed by atoms with Gasteiger partial charge in [0.1, 0.15) is 5.75 Å². The fraction of sp³-hybridized carbons (Fsp3) is 0.556. The molecule has 2 rings (SSSR count). The highest BCUT2D eigenvalue weighted by molar-refractivity contribution is 5.92. The van der Waals surface area contributed by atoms with Gasteiger partial charge in [-0.25, -0.2) is 0 Å². The van der Waals surface area contributed by atoms with Crippen molar-refractivity contribution in [3.63, 3.8) is 0 Å². The molecular formula is C18H25F3N4O3. The smallest absolute Gasteiger partial charge is 0.406 e. The molecule has 156 valence electrons. The second kappa shape index (κ2) is 9.24. The largest absolute Gasteiger partial charge is 0.573 e. The number of piperazine rings is 1. The van der Waals surface area contributed by atoms with Crippen molar-refractivity contribution in [2.24, 2.45) is 0 Å². The van der Waals surface area contributed by atoms with Crippen LogP contribution in [0.15, 0.2) is 24.3 Å². The number of amides is 2. The van der Waals surface area contributed by atoms with Gasteiger partial charge in [-0.3, -0.25) is 19.4 Å². The van der Waals surface area contributed by atoms with Gasteiger partial charge in [-0.1, -0.05) is 0 Å². The number of benzene rings is 1. The molecule has 0 unspecified atom stereocenters. The lowest BCUT2D eigenvalue weighted by molar-refractivity contribution is -0.274. The zero-order valence-corrected chi connectivity index (χ0v) is 16.1. The number of likely N-dealkylation sites (N-methyl/N-ethyl adjacent to an activating group) is 1. The first-order chi connectivity index (χ1) is 13.0. The lowest BCUT2D eigenvalue weighted by Crippen LogP contribution is -2.54. The summed E-state index contributed by atoms with van der Waals surface area (Å²) < 4.78 is 40.2. The summed E-state index contributed by atoms with van der Waals surface area (Å²) in [5.74, 6) is -0.553. The SMILES string of the molecule is C[C@H](C(=O)N(C)C)N1CCN(CC(=O)Nc2ccc(OC(F)(F)F)cc2)CC1. The second-order valence-electron chi connectivity index (χ2n) is 6.84. The van der Waals surface area contributed by atoms with Gasteiger partial charge in [0, 0.05) is 46.0 Å². The molecular weight excluding hydrogens is 377 g/mol. The van der Waals surface area contributed by atoms with Crippen molar-refractivity contribution in [1.82, 2.24) is 14.7 Å². The van der Waals surface area contributed by atoms with Gasteiger partial charge in [0.15, 0.2) is 0 Å². The number of carbonyl (C=O) groups is 2. The molecule has 1 aliphatic rings. The van der Waals surface area contributed by atoms with E-state index in [0.29, 0.717) is 31.9 Å². The Morgan fingerprint density at radius 2 is 1.71 bits per heavy atom. The first-order valence-electron chi connectivity index (χ1n) is 8.88. The Hall–Kier alpha value is -2.33. The monoisotopic (exact) mass is 402 g/mol. The molecule has 0 radical (unpaired) electrons. The number of rotatable bonds is 6. The molecule has 1 fully saturated rings. The molecule has 0 bridgehead atoms. The van der Waals surface area contributed by atoms with Crippen molar-refractivity contribution < 1.29 is 27.5 Å². The maximum atomic E-state index is 12.2. The number of anilines is 1. The molecule has 28 heavy (non-hydrogen) atoms. The Morgan fingerprint density at radius 3 is 2.21 bits per heavy atom. The van der Waals surface area contributed by atoms with E-state index in [1.165, 1.54) is 12.1 Å². The topological polar surface area (TPSA) is 65.1 Å². The summed E-state index contributed by atoms with van der Waals surface area (Å²) in [4.78, 5) is 29.8. The fourth-order valence-electron chi connectivity index (χ4n) is 2.98. The molecule has 0 aliphatic carbocycles. The molecule has 0 spiro atoms. The molecule has 10 heteroatoms. The van der Waals surface area contributed by atoms with Gasteiger partial charge in [-0.05, 0) is 31.2 Å². The van der Waals surface area contributed by atoms with Gasteiger partial charge in [-0.15, -0.1) is 13.2 Å². The number of nitrogens with one attached hydrogen (secondary N) is 1. The summed E-state index contributed by atoms with van der Waals surface area (Å²) in [6.07, 6.45) is -4.75. The van der Waals surface area contributed by atoms with E-state index in [-0.39, 0.29) is 30.2 Å². The molecule has 1 aromatic rings. The highest BCUT2D eigenvalue weighted by atomic mass is 19.4. The summed E-state index contributed by atoms with van der Waals surface area (Å²) in [6.45, 7) is 4.70. The Labute approximate surface area is 162 Å². The predicted octanol–water partition coefficient (Wildman–Crippen LogP) is 1.62. The molecule has 1 aromatic carbocycles. The third-order valence-corrected chi connectivity index (χ3v) is 4.49. The maximum Gasteiger partial charge on any atom is 0.573 e. The van der Waals surface area contributed by atoms with Crippen LogP contribution in [0.4, 0.5) is 18.9 Å². The summed E-state index contributed by atoms with van der Waals surface area (Å²) in [7, 11) is 3.45. The van der Waals surface area contributed by atoms with E-state index in [0.717, 1.165) is 12.1 Å². The average molecular weight is 402 g/mol. The number of hydrogen-bond donors (Lipinski definition) is 1. The minimum Gasteiger partial charge on any atom is -0.406 e. The summed E-state index contributed by atoms with van der Waals surface area (Å²) in [5.41, 5.74) is 0.392. The van der Waals surface area contributed by atoms with Crippen LogP contribution in [0.5, 0.6) is 5.75 Å². The lowest BCUT2D eigenvalue weighted by Gasteiger charge is -2.37. The van der Waals surface area contributed by atoms with Gasteiger partial charge in [0.25, 0.3) is 0 Å². The van der Waals surface area contributed by atoms with Crippen molar-refractivity contribution in [2.45, 2.75) is 19.3 Å². The molecule has 7 nitrogen and oxygen atoms in total. The van der Waals surface area contributed by atoms with Crippen LogP contribution in [0.2, 0.25) is 0 Å². The van der Waals surface area contributed by atoms with Crippen LogP contribution < -0.4 is 10.1 Å². The second-order valence-corrected chi connectivity index (χ2v) is 6.84. The summed E-state index contributed by atoms with van der Waals surface area (Å²) in [5, 5.41) is 2.65. The van der Waals surface area contributed by atoms with Crippen LogP contribution in [0.25, 0.3) is 0 Å². The van der Waals surface area contributed by atoms with E-state index in [4.69, 9.17) is 0 Å². The summed E-state index contributed by atoms with van der Waals surface area (Å²) in [6, 6.07) is 4.79. The molecule has 0 saturated carbocycles. The fourth-order valence-corrected chi connectivity index (χ4v) is 2.98. The average Bonchev–Trinajstić information content (AvgIpc) is 2.61. The highest BCUT2D eigenvalue weighted by Crippen LogP contribution is 2.23. The zero-order valence-electron chi connectivity index (χ0n) is 16.1. The van der Waals surface area contributed by atoms with Crippen LogP contribution in [0.1, 0.15) is 6.92 Å². The zero-order chi connectivity index (χ0) is 20.9. The van der Waals surface area contributed by atoms with E-state index in [1.807, 2.05) is 11.8 Å². The number of alkyl halides is 3. The van der Waals surface area contributed by atoms with Crippen molar-refractivity contribution in [3.05, 3.63) is 24.3 Å². The van der Waals surface area contributed by atoms with Crippen LogP contribution >= 0.6 is 0 Å². The van der Waals surface area contributed by atoms with Gasteiger partial charge >= 0.3 is 6.36 Å². The molecule has 1 heterocycles. The standard InChI is InChI=1S/C18H25F3N4O3/c1-13(17(27)23(2)3)25-10-8-24(9-11-25)12-16(26)22-14-4-6-15(7-5-14)28-18(19,20)21/h4-7,13H,8-12H2,1-3H3,(H,22,26)/t13-/m1/s1. The summed E-state index contributed by atoms with van der Waals surface area (Å²) >= 11 is 0.